The Morgan fingerprint density at radius 1 is 1.53 bits per heavy atom. The van der Waals surface area contributed by atoms with Gasteiger partial charge in [0.2, 0.25) is 0 Å². The van der Waals surface area contributed by atoms with Crippen LogP contribution in [-0.4, -0.2) is 41.0 Å². The van der Waals surface area contributed by atoms with Crippen LogP contribution in [0.5, 0.6) is 0 Å². The molecule has 5 N–H and O–H groups in total. The van der Waals surface area contributed by atoms with Gasteiger partial charge in [0.25, 0.3) is 0 Å². The maximum atomic E-state index is 12.0. The maximum Gasteiger partial charge on any atom is 0.481 e. The third-order valence-electron chi connectivity index (χ3n) is 3.09. The highest BCUT2D eigenvalue weighted by atomic mass is 16.4. The number of hydrogen-bond acceptors (Lipinski definition) is 5. The average Bonchev–Trinajstić information content (AvgIpc) is 2.65. The molecule has 0 unspecified atom stereocenters. The molecule has 1 saturated heterocycles. The lowest BCUT2D eigenvalue weighted by molar-refractivity contribution is -0.125. The second-order valence-corrected chi connectivity index (χ2v) is 4.51. The third-order valence-corrected chi connectivity index (χ3v) is 3.09. The fourth-order valence-electron chi connectivity index (χ4n) is 1.93. The van der Waals surface area contributed by atoms with Gasteiger partial charge in [-0.1, -0.05) is 13.8 Å². The zero-order valence-corrected chi connectivity index (χ0v) is 9.23. The summed E-state index contributed by atoms with van der Waals surface area (Å²) in [6.45, 7) is 4.30. The number of carbonyl (C=O) groups excluding carboxylic acids is 1. The van der Waals surface area contributed by atoms with Crippen LogP contribution in [-0.2, 0) is 4.79 Å². The van der Waals surface area contributed by atoms with Crippen LogP contribution in [0.25, 0.3) is 0 Å². The van der Waals surface area contributed by atoms with E-state index in [1.54, 1.807) is 0 Å². The van der Waals surface area contributed by atoms with Crippen molar-refractivity contribution in [3.63, 3.8) is 0 Å². The molecular weight excluding hydrogens is 195 g/mol. The highest BCUT2D eigenvalue weighted by molar-refractivity contribution is 6.53. The number of nitrogens with two attached hydrogens (primary N) is 1. The largest absolute Gasteiger partial charge is 0.481 e. The average molecular weight is 214 g/mol. The van der Waals surface area contributed by atoms with E-state index in [0.717, 1.165) is 6.42 Å². The number of hydrogen-bond donors (Lipinski definition) is 4. The molecule has 0 aromatic carbocycles. The minimum atomic E-state index is -1.68. The van der Waals surface area contributed by atoms with Gasteiger partial charge in [0.15, 0.2) is 5.78 Å². The standard InChI is InChI=1S/C9H19BN2O3/c1-6(2)7(11)8(13)9(10(14)15)4-3-5-12-9/h6-7,12,14-15H,3-5,11H2,1-2H3/t7-,9+/m0/s1. The van der Waals surface area contributed by atoms with Gasteiger partial charge in [-0.05, 0) is 25.3 Å². The summed E-state index contributed by atoms with van der Waals surface area (Å²) in [5.74, 6) is -0.305. The third kappa shape index (κ3) is 2.23. The summed E-state index contributed by atoms with van der Waals surface area (Å²) < 4.78 is 0. The zero-order chi connectivity index (χ0) is 11.6. The maximum absolute atomic E-state index is 12.0. The van der Waals surface area contributed by atoms with Crippen molar-refractivity contribution >= 4 is 12.9 Å². The van der Waals surface area contributed by atoms with Crippen LogP contribution < -0.4 is 11.1 Å². The van der Waals surface area contributed by atoms with Gasteiger partial charge in [0, 0.05) is 0 Å². The molecule has 0 saturated carbocycles. The lowest BCUT2D eigenvalue weighted by Crippen LogP contribution is -2.64. The van der Waals surface area contributed by atoms with Crippen LogP contribution in [0.4, 0.5) is 0 Å². The Morgan fingerprint density at radius 2 is 2.13 bits per heavy atom. The monoisotopic (exact) mass is 214 g/mol. The SMILES string of the molecule is CC(C)[C@H](N)C(=O)[C@@]1(B(O)O)CCCN1. The summed E-state index contributed by atoms with van der Waals surface area (Å²) in [5, 5.41) is 21.5. The topological polar surface area (TPSA) is 95.6 Å². The quantitative estimate of drug-likeness (QED) is 0.435. The van der Waals surface area contributed by atoms with E-state index in [-0.39, 0.29) is 11.7 Å². The van der Waals surface area contributed by atoms with Crippen LogP contribution in [0.2, 0.25) is 0 Å². The van der Waals surface area contributed by atoms with E-state index >= 15 is 0 Å². The summed E-state index contributed by atoms with van der Waals surface area (Å²) >= 11 is 0. The van der Waals surface area contributed by atoms with E-state index < -0.39 is 18.6 Å². The second kappa shape index (κ2) is 4.61. The molecule has 1 heterocycles. The minimum absolute atomic E-state index is 0.00414. The van der Waals surface area contributed by atoms with Gasteiger partial charge >= 0.3 is 7.12 Å². The number of rotatable bonds is 4. The Labute approximate surface area is 90.2 Å². The molecule has 0 bridgehead atoms. The van der Waals surface area contributed by atoms with Crippen molar-refractivity contribution in [1.29, 1.82) is 0 Å². The molecule has 0 amide bonds. The molecule has 1 aliphatic rings. The molecule has 6 heteroatoms. The molecule has 0 spiro atoms. The smallest absolute Gasteiger partial charge is 0.426 e. The number of Topliss-reactive ketones (excluding diaryl/α,β-unsaturated/α-hetero) is 1. The van der Waals surface area contributed by atoms with Crippen molar-refractivity contribution in [2.75, 3.05) is 6.54 Å². The lowest BCUT2D eigenvalue weighted by atomic mass is 9.59. The summed E-state index contributed by atoms with van der Waals surface area (Å²) in [6.07, 6.45) is 1.19. The van der Waals surface area contributed by atoms with Gasteiger partial charge in [-0.25, -0.2) is 0 Å². The van der Waals surface area contributed by atoms with E-state index in [1.807, 2.05) is 13.8 Å². The summed E-state index contributed by atoms with van der Waals surface area (Å²) in [4.78, 5) is 12.0. The van der Waals surface area contributed by atoms with Crippen LogP contribution in [0.15, 0.2) is 0 Å². The predicted octanol–water partition coefficient (Wildman–Crippen LogP) is -1.33. The number of nitrogens with one attached hydrogen (secondary N) is 1. The molecule has 1 fully saturated rings. The summed E-state index contributed by atoms with van der Waals surface area (Å²) in [5.41, 5.74) is 4.50. The van der Waals surface area contributed by atoms with Crippen molar-refractivity contribution < 1.29 is 14.8 Å². The van der Waals surface area contributed by atoms with Gasteiger partial charge in [-0.15, -0.1) is 0 Å². The normalized spacial score (nSPS) is 28.1. The molecule has 0 aromatic heterocycles. The first-order valence-corrected chi connectivity index (χ1v) is 5.33. The van der Waals surface area contributed by atoms with E-state index in [9.17, 15) is 14.8 Å². The van der Waals surface area contributed by atoms with E-state index in [4.69, 9.17) is 5.73 Å². The Balaban J connectivity index is 2.86. The molecule has 86 valence electrons. The van der Waals surface area contributed by atoms with E-state index in [1.165, 1.54) is 0 Å². The highest BCUT2D eigenvalue weighted by Crippen LogP contribution is 2.24. The van der Waals surface area contributed by atoms with Gasteiger partial charge in [0.05, 0.1) is 6.04 Å². The molecule has 0 radical (unpaired) electrons. The molecule has 0 aliphatic carbocycles. The van der Waals surface area contributed by atoms with Crippen molar-refractivity contribution in [2.24, 2.45) is 11.7 Å². The van der Waals surface area contributed by atoms with E-state index in [0.29, 0.717) is 13.0 Å². The highest BCUT2D eigenvalue weighted by Gasteiger charge is 2.52. The zero-order valence-electron chi connectivity index (χ0n) is 9.23. The first-order chi connectivity index (χ1) is 6.92. The number of ketones is 1. The summed E-state index contributed by atoms with van der Waals surface area (Å²) in [6, 6.07) is -0.655. The molecule has 0 aromatic rings. The predicted molar refractivity (Wildman–Crippen MR) is 58.0 cm³/mol. The number of carbonyl (C=O) groups is 1. The van der Waals surface area contributed by atoms with Crippen LogP contribution in [0.1, 0.15) is 26.7 Å². The van der Waals surface area contributed by atoms with Crippen molar-refractivity contribution in [3.8, 4) is 0 Å². The van der Waals surface area contributed by atoms with Crippen molar-refractivity contribution in [1.82, 2.24) is 5.32 Å². The summed E-state index contributed by atoms with van der Waals surface area (Å²) in [7, 11) is -1.68. The van der Waals surface area contributed by atoms with Crippen LogP contribution in [0, 0.1) is 5.92 Å². The van der Waals surface area contributed by atoms with Gasteiger partial charge in [-0.2, -0.15) is 0 Å². The van der Waals surface area contributed by atoms with Gasteiger partial charge in [-0.3, -0.25) is 4.79 Å². The minimum Gasteiger partial charge on any atom is -0.426 e. The Kier molecular flexibility index (Phi) is 3.89. The molecule has 1 aliphatic heterocycles. The first-order valence-electron chi connectivity index (χ1n) is 5.33. The van der Waals surface area contributed by atoms with Gasteiger partial charge in [0.1, 0.15) is 5.44 Å². The Hall–Kier alpha value is -0.425. The molecule has 1 rings (SSSR count). The fourth-order valence-corrected chi connectivity index (χ4v) is 1.93. The molecule has 5 nitrogen and oxygen atoms in total. The Bertz CT molecular complexity index is 240. The van der Waals surface area contributed by atoms with E-state index in [2.05, 4.69) is 5.32 Å². The molecule has 2 atom stereocenters. The molecular formula is C9H19BN2O3. The van der Waals surface area contributed by atoms with Crippen molar-refractivity contribution in [3.05, 3.63) is 0 Å². The van der Waals surface area contributed by atoms with Crippen molar-refractivity contribution in [2.45, 2.75) is 38.2 Å². The van der Waals surface area contributed by atoms with Gasteiger partial charge < -0.3 is 21.1 Å². The van der Waals surface area contributed by atoms with Crippen LogP contribution >= 0.6 is 0 Å². The first kappa shape index (κ1) is 12.6. The fraction of sp³-hybridized carbons (Fsp3) is 0.889. The lowest BCUT2D eigenvalue weighted by Gasteiger charge is -2.30. The second-order valence-electron chi connectivity index (χ2n) is 4.51. The Morgan fingerprint density at radius 3 is 2.47 bits per heavy atom. The van der Waals surface area contributed by atoms with Crippen LogP contribution in [0.3, 0.4) is 0 Å². The molecule has 15 heavy (non-hydrogen) atoms.